The predicted molar refractivity (Wildman–Crippen MR) is 90.0 cm³/mol. The first kappa shape index (κ1) is 14.8. The number of rotatable bonds is 4. The van der Waals surface area contributed by atoms with E-state index in [2.05, 4.69) is 38.1 Å². The maximum Gasteiger partial charge on any atom is 0.231 e. The van der Waals surface area contributed by atoms with Gasteiger partial charge in [0.25, 0.3) is 0 Å². The summed E-state index contributed by atoms with van der Waals surface area (Å²) in [6.45, 7) is 4.88. The van der Waals surface area contributed by atoms with E-state index < -0.39 is 0 Å². The van der Waals surface area contributed by atoms with E-state index in [4.69, 9.17) is 5.73 Å². The van der Waals surface area contributed by atoms with E-state index in [0.717, 1.165) is 16.8 Å². The summed E-state index contributed by atoms with van der Waals surface area (Å²) in [5.41, 5.74) is 10.8. The highest BCUT2D eigenvalue weighted by molar-refractivity contribution is 6.01. The summed E-state index contributed by atoms with van der Waals surface area (Å²) in [5, 5.41) is 0. The Hall–Kier alpha value is -2.13. The fraction of sp³-hybridized carbons (Fsp3) is 0.316. The van der Waals surface area contributed by atoms with Crippen LogP contribution in [0.4, 0.5) is 5.69 Å². The Morgan fingerprint density at radius 3 is 2.36 bits per heavy atom. The van der Waals surface area contributed by atoms with Gasteiger partial charge in [-0.15, -0.1) is 0 Å². The Morgan fingerprint density at radius 2 is 1.68 bits per heavy atom. The first-order chi connectivity index (χ1) is 10.6. The molecule has 1 amide bonds. The van der Waals surface area contributed by atoms with Gasteiger partial charge in [-0.25, -0.2) is 0 Å². The second-order valence-corrected chi connectivity index (χ2v) is 6.24. The summed E-state index contributed by atoms with van der Waals surface area (Å²) in [7, 11) is 0. The van der Waals surface area contributed by atoms with Crippen molar-refractivity contribution in [1.82, 2.24) is 0 Å². The number of para-hydroxylation sites is 1. The molecule has 1 aliphatic heterocycles. The normalized spacial score (nSPS) is 15.3. The second kappa shape index (κ2) is 5.93. The van der Waals surface area contributed by atoms with Crippen LogP contribution in [0.2, 0.25) is 0 Å². The highest BCUT2D eigenvalue weighted by atomic mass is 16.2. The molecule has 0 saturated heterocycles. The number of fused-ring (bicyclic) bond motifs is 1. The molecule has 0 bridgehead atoms. The van der Waals surface area contributed by atoms with Gasteiger partial charge < -0.3 is 10.6 Å². The van der Waals surface area contributed by atoms with Crippen LogP contribution in [-0.2, 0) is 11.2 Å². The molecule has 1 unspecified atom stereocenters. The van der Waals surface area contributed by atoms with Crippen LogP contribution in [0, 0.1) is 0 Å². The molecule has 2 aromatic carbocycles. The van der Waals surface area contributed by atoms with Crippen LogP contribution >= 0.6 is 0 Å². The maximum atomic E-state index is 12.2. The van der Waals surface area contributed by atoms with Crippen molar-refractivity contribution >= 4 is 11.6 Å². The molecule has 114 valence electrons. The van der Waals surface area contributed by atoms with E-state index >= 15 is 0 Å². The minimum Gasteiger partial charge on any atom is -0.322 e. The SMILES string of the molecule is CC(C)c1ccc(C(N)CN2C(=O)Cc3ccccc32)cc1. The van der Waals surface area contributed by atoms with E-state index in [1.807, 2.05) is 29.2 Å². The Kier molecular flexibility index (Phi) is 3.99. The number of hydrogen-bond acceptors (Lipinski definition) is 2. The summed E-state index contributed by atoms with van der Waals surface area (Å²) in [6.07, 6.45) is 0.481. The Morgan fingerprint density at radius 1 is 1.05 bits per heavy atom. The Labute approximate surface area is 131 Å². The molecule has 0 fully saturated rings. The summed E-state index contributed by atoms with van der Waals surface area (Å²) in [4.78, 5) is 14.0. The molecule has 0 aliphatic carbocycles. The largest absolute Gasteiger partial charge is 0.322 e. The van der Waals surface area contributed by atoms with Crippen molar-refractivity contribution in [2.24, 2.45) is 5.73 Å². The Bertz CT molecular complexity index is 676. The first-order valence-electron chi connectivity index (χ1n) is 7.80. The molecule has 22 heavy (non-hydrogen) atoms. The van der Waals surface area contributed by atoms with Gasteiger partial charge in [0.15, 0.2) is 0 Å². The summed E-state index contributed by atoms with van der Waals surface area (Å²) in [5.74, 6) is 0.646. The molecule has 3 heteroatoms. The number of hydrogen-bond donors (Lipinski definition) is 1. The minimum absolute atomic E-state index is 0.135. The van der Waals surface area contributed by atoms with Crippen molar-refractivity contribution in [1.29, 1.82) is 0 Å². The van der Waals surface area contributed by atoms with Gasteiger partial charge in [-0.1, -0.05) is 56.3 Å². The van der Waals surface area contributed by atoms with Crippen LogP contribution < -0.4 is 10.6 Å². The van der Waals surface area contributed by atoms with Gasteiger partial charge in [0, 0.05) is 18.3 Å². The minimum atomic E-state index is -0.170. The lowest BCUT2D eigenvalue weighted by Gasteiger charge is -2.22. The molecule has 0 aromatic heterocycles. The third-order valence-corrected chi connectivity index (χ3v) is 4.34. The van der Waals surface area contributed by atoms with Gasteiger partial charge in [-0.3, -0.25) is 4.79 Å². The number of carbonyl (C=O) groups is 1. The molecule has 2 aromatic rings. The van der Waals surface area contributed by atoms with Crippen molar-refractivity contribution in [3.63, 3.8) is 0 Å². The van der Waals surface area contributed by atoms with Crippen molar-refractivity contribution in [2.75, 3.05) is 11.4 Å². The fourth-order valence-corrected chi connectivity index (χ4v) is 2.95. The van der Waals surface area contributed by atoms with E-state index in [9.17, 15) is 4.79 Å². The average molecular weight is 294 g/mol. The number of anilines is 1. The molecule has 1 atom stereocenters. The first-order valence-corrected chi connectivity index (χ1v) is 7.80. The smallest absolute Gasteiger partial charge is 0.231 e. The van der Waals surface area contributed by atoms with E-state index in [1.54, 1.807) is 0 Å². The highest BCUT2D eigenvalue weighted by Gasteiger charge is 2.28. The topological polar surface area (TPSA) is 46.3 Å². The van der Waals surface area contributed by atoms with Crippen LogP contribution in [0.3, 0.4) is 0 Å². The van der Waals surface area contributed by atoms with E-state index in [-0.39, 0.29) is 11.9 Å². The average Bonchev–Trinajstić information content (AvgIpc) is 2.83. The van der Waals surface area contributed by atoms with Gasteiger partial charge in [0.1, 0.15) is 0 Å². The zero-order valence-corrected chi connectivity index (χ0v) is 13.1. The van der Waals surface area contributed by atoms with Gasteiger partial charge in [-0.2, -0.15) is 0 Å². The predicted octanol–water partition coefficient (Wildman–Crippen LogP) is 3.40. The number of nitrogens with zero attached hydrogens (tertiary/aromatic N) is 1. The molecule has 0 saturated carbocycles. The highest BCUT2D eigenvalue weighted by Crippen LogP contribution is 2.30. The van der Waals surface area contributed by atoms with Crippen LogP contribution in [-0.4, -0.2) is 12.5 Å². The lowest BCUT2D eigenvalue weighted by atomic mass is 9.99. The number of nitrogens with two attached hydrogens (primary N) is 1. The van der Waals surface area contributed by atoms with Crippen molar-refractivity contribution in [3.05, 3.63) is 65.2 Å². The van der Waals surface area contributed by atoms with Gasteiger partial charge >= 0.3 is 0 Å². The molecule has 3 rings (SSSR count). The summed E-state index contributed by atoms with van der Waals surface area (Å²) in [6, 6.07) is 16.2. The lowest BCUT2D eigenvalue weighted by Crippen LogP contribution is -2.34. The molecular formula is C19H22N2O. The van der Waals surface area contributed by atoms with Crippen LogP contribution in [0.15, 0.2) is 48.5 Å². The fourth-order valence-electron chi connectivity index (χ4n) is 2.95. The quantitative estimate of drug-likeness (QED) is 0.939. The van der Waals surface area contributed by atoms with Crippen molar-refractivity contribution < 1.29 is 4.79 Å². The second-order valence-electron chi connectivity index (χ2n) is 6.24. The third kappa shape index (κ3) is 2.77. The Balaban J connectivity index is 1.77. The van der Waals surface area contributed by atoms with Crippen molar-refractivity contribution in [2.45, 2.75) is 32.2 Å². The van der Waals surface area contributed by atoms with Gasteiger partial charge in [0.05, 0.1) is 6.42 Å². The third-order valence-electron chi connectivity index (χ3n) is 4.34. The number of carbonyl (C=O) groups excluding carboxylic acids is 1. The monoisotopic (exact) mass is 294 g/mol. The van der Waals surface area contributed by atoms with Crippen LogP contribution in [0.25, 0.3) is 0 Å². The van der Waals surface area contributed by atoms with Gasteiger partial charge in [-0.05, 0) is 28.7 Å². The standard InChI is InChI=1S/C19H22N2O/c1-13(2)14-7-9-15(10-8-14)17(20)12-21-18-6-4-3-5-16(18)11-19(21)22/h3-10,13,17H,11-12,20H2,1-2H3. The molecule has 3 nitrogen and oxygen atoms in total. The van der Waals surface area contributed by atoms with Crippen LogP contribution in [0.1, 0.15) is 42.5 Å². The lowest BCUT2D eigenvalue weighted by molar-refractivity contribution is -0.117. The molecule has 2 N–H and O–H groups in total. The zero-order chi connectivity index (χ0) is 15.7. The van der Waals surface area contributed by atoms with Crippen LogP contribution in [0.5, 0.6) is 0 Å². The molecular weight excluding hydrogens is 272 g/mol. The molecule has 1 heterocycles. The molecule has 0 spiro atoms. The van der Waals surface area contributed by atoms with Crippen molar-refractivity contribution in [3.8, 4) is 0 Å². The summed E-state index contributed by atoms with van der Waals surface area (Å²) < 4.78 is 0. The number of amides is 1. The summed E-state index contributed by atoms with van der Waals surface area (Å²) >= 11 is 0. The maximum absolute atomic E-state index is 12.2. The number of benzene rings is 2. The van der Waals surface area contributed by atoms with E-state index in [1.165, 1.54) is 5.56 Å². The zero-order valence-electron chi connectivity index (χ0n) is 13.1. The van der Waals surface area contributed by atoms with Gasteiger partial charge in [0.2, 0.25) is 5.91 Å². The molecule has 1 aliphatic rings. The van der Waals surface area contributed by atoms with E-state index in [0.29, 0.717) is 18.9 Å². The molecule has 0 radical (unpaired) electrons.